The number of carbonyl (C=O) groups excluding carboxylic acids is 1. The van der Waals surface area contributed by atoms with Crippen LogP contribution < -0.4 is 4.74 Å². The molecule has 2 atom stereocenters. The zero-order valence-corrected chi connectivity index (χ0v) is 21.2. The van der Waals surface area contributed by atoms with Gasteiger partial charge in [0.25, 0.3) is 5.91 Å². The predicted octanol–water partition coefficient (Wildman–Crippen LogP) is 5.52. The molecule has 1 saturated heterocycles. The number of benzene rings is 3. The second-order valence-electron chi connectivity index (χ2n) is 9.04. The highest BCUT2D eigenvalue weighted by atomic mass is 35.5. The van der Waals surface area contributed by atoms with E-state index in [0.29, 0.717) is 30.5 Å². The standard InChI is InChI=1S/C29H33ClN2O3/c1-22-7-6-8-24(19-22)21-34-28(25-11-13-26(30)14-12-25)20-31-15-17-32(18-16-31)29(33)23(2)35-27-9-4-3-5-10-27/h3-14,19,23,28H,15-18,20-21H2,1-2H3. The highest BCUT2D eigenvalue weighted by molar-refractivity contribution is 6.30. The van der Waals surface area contributed by atoms with Crippen LogP contribution in [0.2, 0.25) is 5.02 Å². The van der Waals surface area contributed by atoms with Gasteiger partial charge >= 0.3 is 0 Å². The normalized spacial score (nSPS) is 16.0. The second-order valence-corrected chi connectivity index (χ2v) is 9.48. The topological polar surface area (TPSA) is 42.0 Å². The van der Waals surface area contributed by atoms with Crippen LogP contribution in [0.5, 0.6) is 5.75 Å². The summed E-state index contributed by atoms with van der Waals surface area (Å²) in [7, 11) is 0. The van der Waals surface area contributed by atoms with Crippen molar-refractivity contribution >= 4 is 17.5 Å². The van der Waals surface area contributed by atoms with Gasteiger partial charge < -0.3 is 14.4 Å². The highest BCUT2D eigenvalue weighted by Crippen LogP contribution is 2.24. The van der Waals surface area contributed by atoms with E-state index in [1.807, 2.05) is 66.4 Å². The Morgan fingerprint density at radius 1 is 0.943 bits per heavy atom. The van der Waals surface area contributed by atoms with Crippen molar-refractivity contribution in [2.75, 3.05) is 32.7 Å². The second kappa shape index (κ2) is 12.2. The average Bonchev–Trinajstić information content (AvgIpc) is 2.88. The number of hydrogen-bond acceptors (Lipinski definition) is 4. The Kier molecular flexibility index (Phi) is 8.80. The van der Waals surface area contributed by atoms with Gasteiger partial charge in [0.1, 0.15) is 5.75 Å². The van der Waals surface area contributed by atoms with Crippen LogP contribution >= 0.6 is 11.6 Å². The Balaban J connectivity index is 1.33. The number of nitrogens with zero attached hydrogens (tertiary/aromatic N) is 2. The minimum absolute atomic E-state index is 0.0263. The van der Waals surface area contributed by atoms with E-state index in [1.54, 1.807) is 0 Å². The third kappa shape index (κ3) is 7.31. The van der Waals surface area contributed by atoms with Crippen molar-refractivity contribution in [3.8, 4) is 5.75 Å². The quantitative estimate of drug-likeness (QED) is 0.394. The van der Waals surface area contributed by atoms with Gasteiger partial charge in [0.15, 0.2) is 6.10 Å². The van der Waals surface area contributed by atoms with Crippen LogP contribution in [0.1, 0.15) is 29.7 Å². The summed E-state index contributed by atoms with van der Waals surface area (Å²) in [6.45, 7) is 8.14. The van der Waals surface area contributed by atoms with E-state index in [2.05, 4.69) is 36.1 Å². The molecule has 0 bridgehead atoms. The summed E-state index contributed by atoms with van der Waals surface area (Å²) in [4.78, 5) is 17.2. The molecule has 0 radical (unpaired) electrons. The predicted molar refractivity (Wildman–Crippen MR) is 140 cm³/mol. The monoisotopic (exact) mass is 492 g/mol. The molecule has 1 fully saturated rings. The molecular formula is C29H33ClN2O3. The maximum atomic E-state index is 12.9. The van der Waals surface area contributed by atoms with Crippen molar-refractivity contribution in [3.05, 3.63) is 101 Å². The minimum Gasteiger partial charge on any atom is -0.481 e. The summed E-state index contributed by atoms with van der Waals surface area (Å²) in [5.74, 6) is 0.738. The van der Waals surface area contributed by atoms with E-state index in [1.165, 1.54) is 5.56 Å². The third-order valence-electron chi connectivity index (χ3n) is 6.29. The molecule has 0 aliphatic carbocycles. The SMILES string of the molecule is Cc1cccc(COC(CN2CCN(C(=O)C(C)Oc3ccccc3)CC2)c2ccc(Cl)cc2)c1. The van der Waals surface area contributed by atoms with Gasteiger partial charge in [0, 0.05) is 37.7 Å². The molecule has 2 unspecified atom stereocenters. The van der Waals surface area contributed by atoms with E-state index in [9.17, 15) is 4.79 Å². The van der Waals surface area contributed by atoms with Crippen molar-refractivity contribution in [1.82, 2.24) is 9.80 Å². The first-order chi connectivity index (χ1) is 17.0. The van der Waals surface area contributed by atoms with Crippen LogP contribution in [0.4, 0.5) is 0 Å². The van der Waals surface area contributed by atoms with Crippen LogP contribution in [0.15, 0.2) is 78.9 Å². The lowest BCUT2D eigenvalue weighted by molar-refractivity contribution is -0.140. The van der Waals surface area contributed by atoms with Crippen molar-refractivity contribution in [3.63, 3.8) is 0 Å². The molecule has 0 aromatic heterocycles. The van der Waals surface area contributed by atoms with Crippen molar-refractivity contribution in [2.24, 2.45) is 0 Å². The first kappa shape index (κ1) is 25.2. The van der Waals surface area contributed by atoms with E-state index in [4.69, 9.17) is 21.1 Å². The summed E-state index contributed by atoms with van der Waals surface area (Å²) in [6, 6.07) is 25.8. The molecule has 0 spiro atoms. The molecule has 0 N–H and O–H groups in total. The first-order valence-corrected chi connectivity index (χ1v) is 12.5. The van der Waals surface area contributed by atoms with Crippen molar-refractivity contribution < 1.29 is 14.3 Å². The smallest absolute Gasteiger partial charge is 0.263 e. The van der Waals surface area contributed by atoms with Gasteiger partial charge in [-0.15, -0.1) is 0 Å². The van der Waals surface area contributed by atoms with Crippen molar-refractivity contribution in [2.45, 2.75) is 32.7 Å². The Labute approximate surface area is 213 Å². The van der Waals surface area contributed by atoms with E-state index < -0.39 is 6.10 Å². The maximum Gasteiger partial charge on any atom is 0.263 e. The number of piperazine rings is 1. The average molecular weight is 493 g/mol. The van der Waals surface area contributed by atoms with Gasteiger partial charge in [-0.3, -0.25) is 9.69 Å². The molecule has 3 aromatic carbocycles. The van der Waals surface area contributed by atoms with E-state index in [-0.39, 0.29) is 12.0 Å². The summed E-state index contributed by atoms with van der Waals surface area (Å²) in [5.41, 5.74) is 3.48. The summed E-state index contributed by atoms with van der Waals surface area (Å²) in [5, 5.41) is 0.713. The lowest BCUT2D eigenvalue weighted by atomic mass is 10.1. The van der Waals surface area contributed by atoms with Gasteiger partial charge in [-0.05, 0) is 49.2 Å². The van der Waals surface area contributed by atoms with Crippen LogP contribution in [0.25, 0.3) is 0 Å². The zero-order valence-electron chi connectivity index (χ0n) is 20.4. The minimum atomic E-state index is -0.511. The fraction of sp³-hybridized carbons (Fsp3) is 0.345. The van der Waals surface area contributed by atoms with Gasteiger partial charge in [0.2, 0.25) is 0 Å². The fourth-order valence-corrected chi connectivity index (χ4v) is 4.45. The fourth-order valence-electron chi connectivity index (χ4n) is 4.33. The van der Waals surface area contributed by atoms with E-state index >= 15 is 0 Å². The number of para-hydroxylation sites is 1. The molecule has 184 valence electrons. The maximum absolute atomic E-state index is 12.9. The molecule has 35 heavy (non-hydrogen) atoms. The van der Waals surface area contributed by atoms with E-state index in [0.717, 1.165) is 30.8 Å². The molecular weight excluding hydrogens is 460 g/mol. The molecule has 1 aliphatic heterocycles. The molecule has 1 heterocycles. The molecule has 4 rings (SSSR count). The number of aryl methyl sites for hydroxylation is 1. The third-order valence-corrected chi connectivity index (χ3v) is 6.54. The Bertz CT molecular complexity index is 1080. The highest BCUT2D eigenvalue weighted by Gasteiger charge is 2.27. The van der Waals surface area contributed by atoms with Crippen LogP contribution in [-0.2, 0) is 16.1 Å². The lowest BCUT2D eigenvalue weighted by Gasteiger charge is -2.37. The number of rotatable bonds is 9. The first-order valence-electron chi connectivity index (χ1n) is 12.1. The molecule has 5 nitrogen and oxygen atoms in total. The number of hydrogen-bond donors (Lipinski definition) is 0. The summed E-state index contributed by atoms with van der Waals surface area (Å²) in [6.07, 6.45) is -0.598. The number of halogens is 1. The molecule has 0 saturated carbocycles. The van der Waals surface area contributed by atoms with Crippen LogP contribution in [0.3, 0.4) is 0 Å². The van der Waals surface area contributed by atoms with Gasteiger partial charge in [-0.1, -0.05) is 71.8 Å². The van der Waals surface area contributed by atoms with Crippen LogP contribution in [-0.4, -0.2) is 54.5 Å². The molecule has 1 amide bonds. The zero-order chi connectivity index (χ0) is 24.6. The number of ether oxygens (including phenoxy) is 2. The molecule has 3 aromatic rings. The largest absolute Gasteiger partial charge is 0.481 e. The Hall–Kier alpha value is -2.86. The molecule has 1 aliphatic rings. The van der Waals surface area contributed by atoms with Gasteiger partial charge in [0.05, 0.1) is 12.7 Å². The molecule has 6 heteroatoms. The lowest BCUT2D eigenvalue weighted by Crippen LogP contribution is -2.52. The van der Waals surface area contributed by atoms with Crippen molar-refractivity contribution in [1.29, 1.82) is 0 Å². The number of amides is 1. The Morgan fingerprint density at radius 2 is 1.66 bits per heavy atom. The summed E-state index contributed by atoms with van der Waals surface area (Å²) < 4.78 is 12.2. The van der Waals surface area contributed by atoms with Crippen LogP contribution in [0, 0.1) is 6.92 Å². The Morgan fingerprint density at radius 3 is 2.34 bits per heavy atom. The summed E-state index contributed by atoms with van der Waals surface area (Å²) >= 11 is 6.12. The van der Waals surface area contributed by atoms with Gasteiger partial charge in [-0.25, -0.2) is 0 Å². The van der Waals surface area contributed by atoms with Gasteiger partial charge in [-0.2, -0.15) is 0 Å². The number of carbonyl (C=O) groups is 1.